The van der Waals surface area contributed by atoms with Crippen molar-refractivity contribution >= 4 is 5.97 Å². The van der Waals surface area contributed by atoms with E-state index in [0.717, 1.165) is 37.7 Å². The van der Waals surface area contributed by atoms with Crippen LogP contribution in [0.2, 0.25) is 0 Å². The molecule has 0 amide bonds. The van der Waals surface area contributed by atoms with E-state index >= 15 is 0 Å². The van der Waals surface area contributed by atoms with E-state index in [1.165, 1.54) is 25.7 Å². The van der Waals surface area contributed by atoms with Gasteiger partial charge in [0.25, 0.3) is 0 Å². The van der Waals surface area contributed by atoms with Gasteiger partial charge in [-0.15, -0.1) is 0 Å². The van der Waals surface area contributed by atoms with Gasteiger partial charge in [0, 0.05) is 17.4 Å². The minimum absolute atomic E-state index is 0.0285. The SMILES string of the molecule is C[C@]12CCCC[C@@H]1C[C@H](O)[C@H]1[C@@H]2CC[C@]2(C)[C@@H](C3=CC(=O)OC3)CC[C@]12O. The summed E-state index contributed by atoms with van der Waals surface area (Å²) in [4.78, 5) is 11.6. The zero-order chi connectivity index (χ0) is 19.0. The molecule has 0 bridgehead atoms. The van der Waals surface area contributed by atoms with E-state index in [4.69, 9.17) is 4.74 Å². The molecule has 1 aliphatic heterocycles. The summed E-state index contributed by atoms with van der Waals surface area (Å²) in [6.45, 7) is 5.04. The number of aliphatic hydroxyl groups is 2. The molecule has 0 unspecified atom stereocenters. The van der Waals surface area contributed by atoms with Gasteiger partial charge in [-0.05, 0) is 73.7 Å². The highest BCUT2D eigenvalue weighted by Gasteiger charge is 2.69. The van der Waals surface area contributed by atoms with Crippen molar-refractivity contribution in [2.75, 3.05) is 6.61 Å². The van der Waals surface area contributed by atoms with Gasteiger partial charge in [0.05, 0.1) is 11.7 Å². The monoisotopic (exact) mass is 374 g/mol. The molecule has 27 heavy (non-hydrogen) atoms. The molecule has 0 radical (unpaired) electrons. The van der Waals surface area contributed by atoms with Gasteiger partial charge in [-0.25, -0.2) is 4.79 Å². The van der Waals surface area contributed by atoms with E-state index in [2.05, 4.69) is 13.8 Å². The molecule has 0 aromatic heterocycles. The largest absolute Gasteiger partial charge is 0.458 e. The molecule has 1 heterocycles. The first kappa shape index (κ1) is 18.2. The summed E-state index contributed by atoms with van der Waals surface area (Å²) in [5, 5.41) is 23.3. The number of carbonyl (C=O) groups excluding carboxylic acids is 1. The van der Waals surface area contributed by atoms with Crippen LogP contribution in [0.3, 0.4) is 0 Å². The summed E-state index contributed by atoms with van der Waals surface area (Å²) in [7, 11) is 0. The Morgan fingerprint density at radius 2 is 1.93 bits per heavy atom. The van der Waals surface area contributed by atoms with Crippen LogP contribution in [0.25, 0.3) is 0 Å². The van der Waals surface area contributed by atoms with Gasteiger partial charge in [0.2, 0.25) is 0 Å². The molecule has 0 spiro atoms. The number of cyclic esters (lactones) is 1. The number of ether oxygens (including phenoxy) is 1. The average Bonchev–Trinajstić information content (AvgIpc) is 3.16. The van der Waals surface area contributed by atoms with E-state index < -0.39 is 11.7 Å². The lowest BCUT2D eigenvalue weighted by Gasteiger charge is -2.64. The normalized spacial score (nSPS) is 54.6. The summed E-state index contributed by atoms with van der Waals surface area (Å²) >= 11 is 0. The molecule has 0 aromatic rings. The summed E-state index contributed by atoms with van der Waals surface area (Å²) in [6, 6.07) is 0. The lowest BCUT2D eigenvalue weighted by molar-refractivity contribution is -0.237. The van der Waals surface area contributed by atoms with E-state index in [1.807, 2.05) is 0 Å². The molecule has 2 N–H and O–H groups in total. The summed E-state index contributed by atoms with van der Waals surface area (Å²) in [5.41, 5.74) is 0.220. The van der Waals surface area contributed by atoms with Crippen molar-refractivity contribution in [3.8, 4) is 0 Å². The Kier molecular flexibility index (Phi) is 3.92. The van der Waals surface area contributed by atoms with Crippen molar-refractivity contribution in [2.24, 2.45) is 34.5 Å². The molecular weight excluding hydrogens is 340 g/mol. The van der Waals surface area contributed by atoms with Crippen LogP contribution >= 0.6 is 0 Å². The van der Waals surface area contributed by atoms with Crippen LogP contribution in [-0.4, -0.2) is 34.5 Å². The Morgan fingerprint density at radius 3 is 2.67 bits per heavy atom. The third-order valence-electron chi connectivity index (χ3n) is 9.90. The van der Waals surface area contributed by atoms with Gasteiger partial charge in [0.15, 0.2) is 0 Å². The molecule has 150 valence electrons. The highest BCUT2D eigenvalue weighted by atomic mass is 16.5. The Bertz CT molecular complexity index is 686. The third-order valence-corrected chi connectivity index (χ3v) is 9.90. The van der Waals surface area contributed by atoms with Crippen molar-refractivity contribution in [1.29, 1.82) is 0 Å². The summed E-state index contributed by atoms with van der Waals surface area (Å²) < 4.78 is 5.19. The molecule has 4 saturated carbocycles. The zero-order valence-electron chi connectivity index (χ0n) is 16.7. The number of hydrogen-bond donors (Lipinski definition) is 2. The predicted molar refractivity (Wildman–Crippen MR) is 102 cm³/mol. The standard InChI is InChI=1S/C23H34O4/c1-21-8-4-3-5-15(21)12-18(24)20-17(21)6-9-22(2)16(7-10-23(20,22)26)14-11-19(25)27-13-14/h11,15-18,20,24,26H,3-10,12-13H2,1-2H3/t15-,16-,17+,18+,20-,21+,22-,23+/m1/s1. The van der Waals surface area contributed by atoms with Gasteiger partial charge in [0.1, 0.15) is 6.61 Å². The Balaban J connectivity index is 1.52. The van der Waals surface area contributed by atoms with Crippen molar-refractivity contribution in [1.82, 2.24) is 0 Å². The third kappa shape index (κ3) is 2.26. The van der Waals surface area contributed by atoms with Crippen molar-refractivity contribution < 1.29 is 19.7 Å². The number of hydrogen-bond acceptors (Lipinski definition) is 4. The number of fused-ring (bicyclic) bond motifs is 5. The topological polar surface area (TPSA) is 66.8 Å². The van der Waals surface area contributed by atoms with Crippen LogP contribution in [0.1, 0.15) is 71.6 Å². The molecule has 5 rings (SSSR count). The fourth-order valence-electron chi connectivity index (χ4n) is 8.43. The minimum Gasteiger partial charge on any atom is -0.458 e. The van der Waals surface area contributed by atoms with E-state index in [9.17, 15) is 15.0 Å². The Labute approximate surface area is 162 Å². The predicted octanol–water partition coefficient (Wildman–Crippen LogP) is 3.60. The molecule has 0 aromatic carbocycles. The second-order valence-corrected chi connectivity index (χ2v) is 10.7. The lowest BCUT2D eigenvalue weighted by Crippen LogP contribution is -2.65. The van der Waals surface area contributed by atoms with Gasteiger partial charge in [-0.1, -0.05) is 26.7 Å². The van der Waals surface area contributed by atoms with Crippen molar-refractivity contribution in [3.63, 3.8) is 0 Å². The first-order valence-electron chi connectivity index (χ1n) is 11.1. The fraction of sp³-hybridized carbons (Fsp3) is 0.870. The zero-order valence-corrected chi connectivity index (χ0v) is 16.7. The Hall–Kier alpha value is -0.870. The number of aliphatic hydroxyl groups excluding tert-OH is 1. The number of rotatable bonds is 1. The van der Waals surface area contributed by atoms with E-state index in [0.29, 0.717) is 18.4 Å². The van der Waals surface area contributed by atoms with Crippen LogP contribution in [0, 0.1) is 34.5 Å². The molecule has 4 aliphatic carbocycles. The second-order valence-electron chi connectivity index (χ2n) is 10.7. The Morgan fingerprint density at radius 1 is 1.11 bits per heavy atom. The molecule has 4 heteroatoms. The smallest absolute Gasteiger partial charge is 0.331 e. The minimum atomic E-state index is -0.835. The highest BCUT2D eigenvalue weighted by molar-refractivity contribution is 5.85. The van der Waals surface area contributed by atoms with Crippen LogP contribution in [0.15, 0.2) is 11.6 Å². The highest BCUT2D eigenvalue weighted by Crippen LogP contribution is 2.69. The van der Waals surface area contributed by atoms with Gasteiger partial charge < -0.3 is 14.9 Å². The quantitative estimate of drug-likeness (QED) is 0.688. The van der Waals surface area contributed by atoms with Crippen LogP contribution in [0.5, 0.6) is 0 Å². The molecule has 4 fully saturated rings. The lowest BCUT2D eigenvalue weighted by atomic mass is 9.42. The van der Waals surface area contributed by atoms with E-state index in [1.54, 1.807) is 6.08 Å². The molecule has 4 nitrogen and oxygen atoms in total. The number of esters is 1. The van der Waals surface area contributed by atoms with Gasteiger partial charge >= 0.3 is 5.97 Å². The van der Waals surface area contributed by atoms with Crippen LogP contribution in [-0.2, 0) is 9.53 Å². The summed E-state index contributed by atoms with van der Waals surface area (Å²) in [6.07, 6.45) is 10.9. The number of carbonyl (C=O) groups is 1. The first-order chi connectivity index (χ1) is 12.8. The maximum atomic E-state index is 12.1. The van der Waals surface area contributed by atoms with Crippen molar-refractivity contribution in [3.05, 3.63) is 11.6 Å². The summed E-state index contributed by atoms with van der Waals surface area (Å²) in [5.74, 6) is 0.946. The maximum absolute atomic E-state index is 12.1. The van der Waals surface area contributed by atoms with Crippen LogP contribution < -0.4 is 0 Å². The van der Waals surface area contributed by atoms with Gasteiger partial charge in [-0.3, -0.25) is 0 Å². The van der Waals surface area contributed by atoms with Crippen LogP contribution in [0.4, 0.5) is 0 Å². The van der Waals surface area contributed by atoms with Gasteiger partial charge in [-0.2, -0.15) is 0 Å². The molecule has 8 atom stereocenters. The molecular formula is C23H34O4. The second kappa shape index (κ2) is 5.82. The first-order valence-corrected chi connectivity index (χ1v) is 11.1. The molecule has 5 aliphatic rings. The van der Waals surface area contributed by atoms with E-state index in [-0.39, 0.29) is 28.6 Å². The average molecular weight is 375 g/mol. The maximum Gasteiger partial charge on any atom is 0.331 e. The van der Waals surface area contributed by atoms with Crippen molar-refractivity contribution in [2.45, 2.75) is 83.3 Å². The fourth-order valence-corrected chi connectivity index (χ4v) is 8.43. The molecule has 0 saturated heterocycles.